The summed E-state index contributed by atoms with van der Waals surface area (Å²) in [7, 11) is 0. The largest absolute Gasteiger partial charge is 0.461 e. The van der Waals surface area contributed by atoms with E-state index in [4.69, 9.17) is 21.6 Å². The van der Waals surface area contributed by atoms with E-state index < -0.39 is 17.6 Å². The molecular weight excluding hydrogens is 348 g/mol. The van der Waals surface area contributed by atoms with Crippen LogP contribution in [0.3, 0.4) is 0 Å². The average molecular weight is 361 g/mol. The van der Waals surface area contributed by atoms with Gasteiger partial charge in [-0.1, -0.05) is 11.6 Å². The van der Waals surface area contributed by atoms with Crippen LogP contribution in [0, 0.1) is 11.3 Å². The Kier molecular flexibility index (Phi) is 6.08. The van der Waals surface area contributed by atoms with Gasteiger partial charge in [0.1, 0.15) is 6.07 Å². The van der Waals surface area contributed by atoms with Gasteiger partial charge in [-0.3, -0.25) is 10.2 Å². The Hall–Kier alpha value is -3.38. The number of nitrogens with zero attached hydrogens (tertiary/aromatic N) is 3. The Bertz CT molecular complexity index is 838. The predicted octanol–water partition coefficient (Wildman–Crippen LogP) is 2.17. The highest BCUT2D eigenvalue weighted by molar-refractivity contribution is 6.48. The third kappa shape index (κ3) is 4.79. The molecule has 3 N–H and O–H groups in total. The van der Waals surface area contributed by atoms with Crippen molar-refractivity contribution in [2.75, 3.05) is 17.3 Å². The van der Waals surface area contributed by atoms with E-state index >= 15 is 0 Å². The molecule has 128 valence electrons. The molecule has 9 nitrogen and oxygen atoms in total. The first-order valence-electron chi connectivity index (χ1n) is 7.06. The van der Waals surface area contributed by atoms with Gasteiger partial charge in [0.15, 0.2) is 11.5 Å². The number of carbonyl (C=O) groups excluding carboxylic acids is 2. The van der Waals surface area contributed by atoms with Crippen LogP contribution in [-0.4, -0.2) is 34.2 Å². The first-order valence-corrected chi connectivity index (χ1v) is 7.44. The van der Waals surface area contributed by atoms with Crippen LogP contribution >= 0.6 is 11.6 Å². The van der Waals surface area contributed by atoms with Crippen LogP contribution < -0.4 is 10.7 Å². The molecular formula is C15H13ClN6O3. The van der Waals surface area contributed by atoms with Gasteiger partial charge in [0, 0.05) is 10.7 Å². The van der Waals surface area contributed by atoms with Gasteiger partial charge in [0.05, 0.1) is 12.9 Å². The fourth-order valence-electron chi connectivity index (χ4n) is 1.70. The number of benzene rings is 1. The van der Waals surface area contributed by atoms with Crippen molar-refractivity contribution in [3.8, 4) is 6.07 Å². The number of rotatable bonds is 6. The summed E-state index contributed by atoms with van der Waals surface area (Å²) < 4.78 is 4.84. The molecule has 0 saturated heterocycles. The normalized spacial score (nSPS) is 10.7. The van der Waals surface area contributed by atoms with Gasteiger partial charge in [-0.2, -0.15) is 10.4 Å². The number of hydrazone groups is 1. The smallest absolute Gasteiger partial charge is 0.358 e. The first kappa shape index (κ1) is 18.0. The number of nitriles is 1. The highest BCUT2D eigenvalue weighted by Gasteiger charge is 2.16. The molecule has 25 heavy (non-hydrogen) atoms. The van der Waals surface area contributed by atoms with Gasteiger partial charge < -0.3 is 15.0 Å². The van der Waals surface area contributed by atoms with Crippen LogP contribution in [0.5, 0.6) is 0 Å². The minimum Gasteiger partial charge on any atom is -0.461 e. The molecule has 0 aliphatic heterocycles. The number of imidazole rings is 1. The molecule has 0 fully saturated rings. The summed E-state index contributed by atoms with van der Waals surface area (Å²) in [6.45, 7) is 1.85. The van der Waals surface area contributed by atoms with Crippen LogP contribution in [0.15, 0.2) is 35.7 Å². The Morgan fingerprint density at radius 2 is 2.12 bits per heavy atom. The molecule has 0 unspecified atom stereocenters. The molecule has 0 spiro atoms. The zero-order valence-corrected chi connectivity index (χ0v) is 13.8. The summed E-state index contributed by atoms with van der Waals surface area (Å²) in [6.07, 6.45) is 1.25. The van der Waals surface area contributed by atoms with Gasteiger partial charge in [-0.15, -0.1) is 0 Å². The number of anilines is 2. The van der Waals surface area contributed by atoms with E-state index in [1.54, 1.807) is 37.3 Å². The Balaban J connectivity index is 2.09. The maximum absolute atomic E-state index is 12.1. The van der Waals surface area contributed by atoms with Crippen molar-refractivity contribution in [3.63, 3.8) is 0 Å². The average Bonchev–Trinajstić information content (AvgIpc) is 3.06. The van der Waals surface area contributed by atoms with Crippen LogP contribution in [-0.2, 0) is 9.53 Å². The SMILES string of the molecule is CCOC(=O)c1[nH]cnc1N/N=C(\C#N)C(=O)Nc1ccc(Cl)cc1. The highest BCUT2D eigenvalue weighted by Crippen LogP contribution is 2.14. The zero-order valence-electron chi connectivity index (χ0n) is 13.0. The molecule has 0 aliphatic carbocycles. The quantitative estimate of drug-likeness (QED) is 0.411. The number of H-pyrrole nitrogens is 1. The van der Waals surface area contributed by atoms with Crippen molar-refractivity contribution in [1.82, 2.24) is 9.97 Å². The van der Waals surface area contributed by atoms with Gasteiger partial charge in [0.25, 0.3) is 5.91 Å². The van der Waals surface area contributed by atoms with E-state index in [2.05, 4.69) is 25.8 Å². The number of esters is 1. The molecule has 0 aliphatic rings. The fourth-order valence-corrected chi connectivity index (χ4v) is 1.82. The number of aromatic amines is 1. The topological polar surface area (TPSA) is 132 Å². The van der Waals surface area contributed by atoms with Gasteiger partial charge in [-0.25, -0.2) is 9.78 Å². The van der Waals surface area contributed by atoms with E-state index in [0.717, 1.165) is 0 Å². The predicted molar refractivity (Wildman–Crippen MR) is 91.3 cm³/mol. The molecule has 0 radical (unpaired) electrons. The summed E-state index contributed by atoms with van der Waals surface area (Å²) >= 11 is 5.76. The molecule has 1 aromatic heterocycles. The number of aromatic nitrogens is 2. The number of hydrogen-bond donors (Lipinski definition) is 3. The van der Waals surface area contributed by atoms with Crippen molar-refractivity contribution in [1.29, 1.82) is 5.26 Å². The summed E-state index contributed by atoms with van der Waals surface area (Å²) in [6, 6.07) is 8.00. The van der Waals surface area contributed by atoms with Crippen LogP contribution in [0.1, 0.15) is 17.4 Å². The highest BCUT2D eigenvalue weighted by atomic mass is 35.5. The summed E-state index contributed by atoms with van der Waals surface area (Å²) in [5, 5.41) is 15.8. The van der Waals surface area contributed by atoms with Crippen molar-refractivity contribution in [3.05, 3.63) is 41.3 Å². The number of hydrogen-bond acceptors (Lipinski definition) is 7. The van der Waals surface area contributed by atoms with Gasteiger partial charge in [0.2, 0.25) is 5.71 Å². The van der Waals surface area contributed by atoms with Crippen LogP contribution in [0.4, 0.5) is 11.5 Å². The summed E-state index contributed by atoms with van der Waals surface area (Å²) in [4.78, 5) is 30.2. The van der Waals surface area contributed by atoms with E-state index in [9.17, 15) is 9.59 Å². The fraction of sp³-hybridized carbons (Fsp3) is 0.133. The van der Waals surface area contributed by atoms with E-state index in [-0.39, 0.29) is 18.1 Å². The van der Waals surface area contributed by atoms with Crippen LogP contribution in [0.2, 0.25) is 5.02 Å². The van der Waals surface area contributed by atoms with Crippen molar-refractivity contribution >= 4 is 40.7 Å². The van der Waals surface area contributed by atoms with Gasteiger partial charge >= 0.3 is 5.97 Å². The lowest BCUT2D eigenvalue weighted by molar-refractivity contribution is -0.110. The lowest BCUT2D eigenvalue weighted by Crippen LogP contribution is -2.22. The molecule has 0 atom stereocenters. The number of halogens is 1. The second-order valence-corrected chi connectivity index (χ2v) is 4.93. The minimum atomic E-state index is -0.731. The molecule has 0 bridgehead atoms. The van der Waals surface area contributed by atoms with Crippen molar-refractivity contribution in [2.24, 2.45) is 5.10 Å². The minimum absolute atomic E-state index is 0.0287. The third-order valence-corrected chi connectivity index (χ3v) is 3.07. The van der Waals surface area contributed by atoms with Crippen LogP contribution in [0.25, 0.3) is 0 Å². The van der Waals surface area contributed by atoms with E-state index in [1.165, 1.54) is 6.33 Å². The molecule has 1 aromatic carbocycles. The Morgan fingerprint density at radius 1 is 1.40 bits per heavy atom. The number of ether oxygens (including phenoxy) is 1. The summed E-state index contributed by atoms with van der Waals surface area (Å²) in [5.74, 6) is -1.34. The maximum Gasteiger partial charge on any atom is 0.358 e. The van der Waals surface area contributed by atoms with E-state index in [1.807, 2.05) is 0 Å². The Morgan fingerprint density at radius 3 is 2.76 bits per heavy atom. The van der Waals surface area contributed by atoms with E-state index in [0.29, 0.717) is 10.7 Å². The monoisotopic (exact) mass is 360 g/mol. The Labute approximate surface area is 147 Å². The van der Waals surface area contributed by atoms with Crippen molar-refractivity contribution < 1.29 is 14.3 Å². The third-order valence-electron chi connectivity index (χ3n) is 2.82. The number of carbonyl (C=O) groups is 2. The van der Waals surface area contributed by atoms with Crippen molar-refractivity contribution in [2.45, 2.75) is 6.92 Å². The summed E-state index contributed by atoms with van der Waals surface area (Å²) in [5.41, 5.74) is 2.43. The molecule has 0 saturated carbocycles. The molecule has 1 amide bonds. The second kappa shape index (κ2) is 8.47. The lowest BCUT2D eigenvalue weighted by atomic mass is 10.3. The standard InChI is InChI=1S/C15H13ClN6O3/c1-2-25-15(24)12-13(19-8-18-12)22-21-11(7-17)14(23)20-10-5-3-9(16)4-6-10/h3-6,8,22H,2H2,1H3,(H,18,19)(H,20,23)/b21-11+. The molecule has 1 heterocycles. The first-order chi connectivity index (χ1) is 12.0. The van der Waals surface area contributed by atoms with Gasteiger partial charge in [-0.05, 0) is 31.2 Å². The zero-order chi connectivity index (χ0) is 18.2. The number of amides is 1. The second-order valence-electron chi connectivity index (χ2n) is 4.49. The number of nitrogens with one attached hydrogen (secondary N) is 3. The molecule has 2 rings (SSSR count). The lowest BCUT2D eigenvalue weighted by Gasteiger charge is -2.04. The molecule has 10 heteroatoms. The maximum atomic E-state index is 12.1. The molecule has 2 aromatic rings.